The lowest BCUT2D eigenvalue weighted by Crippen LogP contribution is -2.41. The van der Waals surface area contributed by atoms with E-state index in [1.165, 1.54) is 18.4 Å². The molecule has 5 heteroatoms. The van der Waals surface area contributed by atoms with Gasteiger partial charge in [-0.05, 0) is 56.6 Å². The second kappa shape index (κ2) is 7.60. The molecule has 0 radical (unpaired) electrons. The smallest absolute Gasteiger partial charge is 0.252 e. The first kappa shape index (κ1) is 16.7. The van der Waals surface area contributed by atoms with Crippen LogP contribution in [-0.4, -0.2) is 41.3 Å². The number of allylic oxidation sites excluding steroid dienone is 1. The van der Waals surface area contributed by atoms with Crippen LogP contribution in [-0.2, 0) is 4.79 Å². The van der Waals surface area contributed by atoms with Crippen molar-refractivity contribution in [3.8, 4) is 0 Å². The largest absolute Gasteiger partial charge is 0.352 e. The first-order chi connectivity index (χ1) is 11.6. The first-order valence-corrected chi connectivity index (χ1v) is 8.79. The van der Waals surface area contributed by atoms with Crippen LogP contribution >= 0.6 is 0 Å². The van der Waals surface area contributed by atoms with Gasteiger partial charge in [0, 0.05) is 38.1 Å². The van der Waals surface area contributed by atoms with Gasteiger partial charge in [0.15, 0.2) is 0 Å². The summed E-state index contributed by atoms with van der Waals surface area (Å²) in [5, 5.41) is 2.97. The molecule has 1 N–H and O–H groups in total. The third kappa shape index (κ3) is 4.43. The number of carbonyl (C=O) groups is 2. The van der Waals surface area contributed by atoms with E-state index in [9.17, 15) is 9.59 Å². The van der Waals surface area contributed by atoms with Crippen LogP contribution < -0.4 is 5.32 Å². The number of rotatable bonds is 5. The molecule has 128 valence electrons. The van der Waals surface area contributed by atoms with Crippen LogP contribution in [0.15, 0.2) is 36.2 Å². The predicted octanol–water partition coefficient (Wildman–Crippen LogP) is 2.41. The zero-order valence-electron chi connectivity index (χ0n) is 14.2. The number of likely N-dealkylation sites (tertiary alicyclic amines) is 1. The lowest BCUT2D eigenvalue weighted by molar-refractivity contribution is -0.127. The normalized spacial score (nSPS) is 19.2. The molecule has 1 saturated heterocycles. The molecular weight excluding hydrogens is 302 g/mol. The van der Waals surface area contributed by atoms with Crippen LogP contribution in [0, 0.1) is 11.8 Å². The van der Waals surface area contributed by atoms with E-state index >= 15 is 0 Å². The summed E-state index contributed by atoms with van der Waals surface area (Å²) in [5.41, 5.74) is 1.82. The molecular formula is C19H25N3O2. The van der Waals surface area contributed by atoms with E-state index in [-0.39, 0.29) is 11.8 Å². The van der Waals surface area contributed by atoms with Crippen LogP contribution in [0.1, 0.15) is 43.0 Å². The van der Waals surface area contributed by atoms with Crippen molar-refractivity contribution in [1.29, 1.82) is 0 Å². The second-order valence-corrected chi connectivity index (χ2v) is 6.88. The fourth-order valence-electron chi connectivity index (χ4n) is 3.14. The molecule has 1 aliphatic carbocycles. The van der Waals surface area contributed by atoms with E-state index in [1.54, 1.807) is 24.5 Å². The summed E-state index contributed by atoms with van der Waals surface area (Å²) >= 11 is 0. The van der Waals surface area contributed by atoms with Crippen molar-refractivity contribution in [3.05, 3.63) is 41.7 Å². The molecule has 0 spiro atoms. The van der Waals surface area contributed by atoms with Crippen LogP contribution in [0.5, 0.6) is 0 Å². The van der Waals surface area contributed by atoms with E-state index < -0.39 is 0 Å². The summed E-state index contributed by atoms with van der Waals surface area (Å²) in [6.07, 6.45) is 9.39. The topological polar surface area (TPSA) is 62.3 Å². The first-order valence-electron chi connectivity index (χ1n) is 8.79. The zero-order chi connectivity index (χ0) is 16.9. The second-order valence-electron chi connectivity index (χ2n) is 6.88. The quantitative estimate of drug-likeness (QED) is 0.845. The molecule has 1 aromatic rings. The number of pyridine rings is 1. The summed E-state index contributed by atoms with van der Waals surface area (Å²) in [4.78, 5) is 30.2. The number of hydrogen-bond donors (Lipinski definition) is 1. The molecule has 0 atom stereocenters. The Morgan fingerprint density at radius 3 is 2.67 bits per heavy atom. The van der Waals surface area contributed by atoms with Crippen molar-refractivity contribution in [2.75, 3.05) is 19.6 Å². The maximum atomic E-state index is 12.3. The van der Waals surface area contributed by atoms with Gasteiger partial charge in [-0.3, -0.25) is 14.6 Å². The number of amides is 2. The Labute approximate surface area is 143 Å². The van der Waals surface area contributed by atoms with Crippen LogP contribution in [0.4, 0.5) is 0 Å². The third-order valence-electron chi connectivity index (χ3n) is 4.97. The van der Waals surface area contributed by atoms with Gasteiger partial charge in [0.05, 0.1) is 5.56 Å². The van der Waals surface area contributed by atoms with Gasteiger partial charge in [-0.15, -0.1) is 0 Å². The summed E-state index contributed by atoms with van der Waals surface area (Å²) in [6, 6.07) is 3.52. The molecule has 2 fully saturated rings. The molecule has 24 heavy (non-hydrogen) atoms. The van der Waals surface area contributed by atoms with E-state index in [4.69, 9.17) is 0 Å². The fourth-order valence-corrected chi connectivity index (χ4v) is 3.14. The summed E-state index contributed by atoms with van der Waals surface area (Å²) in [6.45, 7) is 4.28. The molecule has 1 saturated carbocycles. The molecule has 0 bridgehead atoms. The molecule has 5 nitrogen and oxygen atoms in total. The summed E-state index contributed by atoms with van der Waals surface area (Å²) in [5.74, 6) is 1.15. The van der Waals surface area contributed by atoms with Gasteiger partial charge in [0.2, 0.25) is 5.91 Å². The lowest BCUT2D eigenvalue weighted by atomic mass is 9.96. The highest BCUT2D eigenvalue weighted by Crippen LogP contribution is 2.36. The number of nitrogens with one attached hydrogen (secondary N) is 1. The van der Waals surface area contributed by atoms with Crippen LogP contribution in [0.2, 0.25) is 0 Å². The molecule has 2 heterocycles. The molecule has 0 unspecified atom stereocenters. The van der Waals surface area contributed by atoms with Gasteiger partial charge >= 0.3 is 0 Å². The van der Waals surface area contributed by atoms with Crippen LogP contribution in [0.3, 0.4) is 0 Å². The van der Waals surface area contributed by atoms with Gasteiger partial charge < -0.3 is 10.2 Å². The standard InChI is InChI=1S/C19H25N3O2/c1-14(16-4-5-16)11-18(23)22-9-6-15(7-10-22)12-21-19(24)17-3-2-8-20-13-17/h2-3,8,11,13,15-16H,4-7,9-10,12H2,1H3,(H,21,24)/b14-11+. The van der Waals surface area contributed by atoms with Crippen molar-refractivity contribution >= 4 is 11.8 Å². The summed E-state index contributed by atoms with van der Waals surface area (Å²) in [7, 11) is 0. The predicted molar refractivity (Wildman–Crippen MR) is 92.4 cm³/mol. The fraction of sp³-hybridized carbons (Fsp3) is 0.526. The van der Waals surface area contributed by atoms with Crippen molar-refractivity contribution in [3.63, 3.8) is 0 Å². The molecule has 0 aromatic carbocycles. The van der Waals surface area contributed by atoms with Gasteiger partial charge in [-0.1, -0.05) is 5.57 Å². The Kier molecular flexibility index (Phi) is 5.28. The Balaban J connectivity index is 1.41. The molecule has 2 aliphatic rings. The number of aromatic nitrogens is 1. The summed E-state index contributed by atoms with van der Waals surface area (Å²) < 4.78 is 0. The Morgan fingerprint density at radius 2 is 2.04 bits per heavy atom. The lowest BCUT2D eigenvalue weighted by Gasteiger charge is -2.31. The minimum atomic E-state index is -0.0791. The molecule has 1 aromatic heterocycles. The van der Waals surface area contributed by atoms with Crippen molar-refractivity contribution in [2.24, 2.45) is 11.8 Å². The minimum Gasteiger partial charge on any atom is -0.352 e. The van der Waals surface area contributed by atoms with Gasteiger partial charge in [-0.2, -0.15) is 0 Å². The Morgan fingerprint density at radius 1 is 1.29 bits per heavy atom. The highest BCUT2D eigenvalue weighted by atomic mass is 16.2. The average molecular weight is 327 g/mol. The molecule has 1 aliphatic heterocycles. The van der Waals surface area contributed by atoms with Crippen molar-refractivity contribution in [1.82, 2.24) is 15.2 Å². The number of piperidine rings is 1. The third-order valence-corrected chi connectivity index (χ3v) is 4.97. The SMILES string of the molecule is C/C(=C\C(=O)N1CCC(CNC(=O)c2cccnc2)CC1)C1CC1. The highest BCUT2D eigenvalue weighted by Gasteiger charge is 2.26. The monoisotopic (exact) mass is 327 g/mol. The van der Waals surface area contributed by atoms with Gasteiger partial charge in [0.1, 0.15) is 0 Å². The van der Waals surface area contributed by atoms with Gasteiger partial charge in [-0.25, -0.2) is 0 Å². The zero-order valence-corrected chi connectivity index (χ0v) is 14.2. The minimum absolute atomic E-state index is 0.0791. The maximum absolute atomic E-state index is 12.3. The molecule has 3 rings (SSSR count). The Hall–Kier alpha value is -2.17. The van der Waals surface area contributed by atoms with E-state index in [2.05, 4.69) is 17.2 Å². The number of hydrogen-bond acceptors (Lipinski definition) is 3. The van der Waals surface area contributed by atoms with Gasteiger partial charge in [0.25, 0.3) is 5.91 Å². The average Bonchev–Trinajstić information content (AvgIpc) is 3.46. The van der Waals surface area contributed by atoms with E-state index in [1.807, 2.05) is 11.0 Å². The molecule has 2 amide bonds. The van der Waals surface area contributed by atoms with Crippen molar-refractivity contribution < 1.29 is 9.59 Å². The van der Waals surface area contributed by atoms with Crippen LogP contribution in [0.25, 0.3) is 0 Å². The van der Waals surface area contributed by atoms with Crippen molar-refractivity contribution in [2.45, 2.75) is 32.6 Å². The highest BCUT2D eigenvalue weighted by molar-refractivity contribution is 5.93. The number of carbonyl (C=O) groups excluding carboxylic acids is 2. The van der Waals surface area contributed by atoms with E-state index in [0.29, 0.717) is 23.9 Å². The van der Waals surface area contributed by atoms with E-state index in [0.717, 1.165) is 25.9 Å². The number of nitrogens with zero attached hydrogens (tertiary/aromatic N) is 2. The maximum Gasteiger partial charge on any atom is 0.252 e. The Bertz CT molecular complexity index is 615.